The van der Waals surface area contributed by atoms with Crippen LogP contribution in [0.5, 0.6) is 0 Å². The largest absolute Gasteiger partial charge is 0.383 e. The van der Waals surface area contributed by atoms with Gasteiger partial charge in [0, 0.05) is 25.3 Å². The Labute approximate surface area is 112 Å². The minimum absolute atomic E-state index is 0.520. The SMILES string of the molecule is COCCNc1nc(NN)cc(-c2ccccc2)n1. The Bertz CT molecular complexity index is 518. The fourth-order valence-corrected chi connectivity index (χ4v) is 1.62. The van der Waals surface area contributed by atoms with Crippen LogP contribution in [-0.4, -0.2) is 30.2 Å². The Kier molecular flexibility index (Phi) is 4.66. The van der Waals surface area contributed by atoms with E-state index in [4.69, 9.17) is 10.6 Å². The van der Waals surface area contributed by atoms with E-state index in [1.54, 1.807) is 13.2 Å². The zero-order valence-corrected chi connectivity index (χ0v) is 10.8. The number of methoxy groups -OCH3 is 1. The number of anilines is 2. The molecule has 0 radical (unpaired) electrons. The molecule has 2 aromatic rings. The van der Waals surface area contributed by atoms with Gasteiger partial charge in [0.15, 0.2) is 0 Å². The number of hydrogen-bond donors (Lipinski definition) is 3. The molecule has 2 rings (SSSR count). The number of hydrogen-bond acceptors (Lipinski definition) is 6. The Morgan fingerprint density at radius 2 is 2.00 bits per heavy atom. The van der Waals surface area contributed by atoms with Crippen molar-refractivity contribution in [2.75, 3.05) is 31.0 Å². The van der Waals surface area contributed by atoms with E-state index in [1.165, 1.54) is 0 Å². The second kappa shape index (κ2) is 6.67. The average molecular weight is 259 g/mol. The average Bonchev–Trinajstić information content (AvgIpc) is 2.48. The third kappa shape index (κ3) is 3.64. The summed E-state index contributed by atoms with van der Waals surface area (Å²) in [5, 5.41) is 3.09. The maximum Gasteiger partial charge on any atom is 0.225 e. The molecule has 1 aromatic heterocycles. The van der Waals surface area contributed by atoms with E-state index in [-0.39, 0.29) is 0 Å². The molecule has 0 spiro atoms. The first-order chi connectivity index (χ1) is 9.33. The van der Waals surface area contributed by atoms with Crippen molar-refractivity contribution in [1.29, 1.82) is 0 Å². The van der Waals surface area contributed by atoms with E-state index in [0.29, 0.717) is 24.9 Å². The number of nitrogens with zero attached hydrogens (tertiary/aromatic N) is 2. The lowest BCUT2D eigenvalue weighted by atomic mass is 10.1. The van der Waals surface area contributed by atoms with Crippen LogP contribution in [0.2, 0.25) is 0 Å². The maximum absolute atomic E-state index is 5.43. The third-order valence-electron chi connectivity index (χ3n) is 2.53. The van der Waals surface area contributed by atoms with E-state index >= 15 is 0 Å². The van der Waals surface area contributed by atoms with Gasteiger partial charge in [-0.15, -0.1) is 0 Å². The predicted molar refractivity (Wildman–Crippen MR) is 75.6 cm³/mol. The van der Waals surface area contributed by atoms with Gasteiger partial charge in [-0.25, -0.2) is 10.8 Å². The summed E-state index contributed by atoms with van der Waals surface area (Å²) >= 11 is 0. The molecular formula is C13H17N5O. The molecule has 1 heterocycles. The summed E-state index contributed by atoms with van der Waals surface area (Å²) in [7, 11) is 1.65. The van der Waals surface area contributed by atoms with Gasteiger partial charge in [-0.3, -0.25) is 0 Å². The molecule has 0 fully saturated rings. The highest BCUT2D eigenvalue weighted by Crippen LogP contribution is 2.20. The van der Waals surface area contributed by atoms with Crippen LogP contribution in [-0.2, 0) is 4.74 Å². The Morgan fingerprint density at radius 3 is 2.68 bits per heavy atom. The van der Waals surface area contributed by atoms with Crippen LogP contribution in [0.25, 0.3) is 11.3 Å². The van der Waals surface area contributed by atoms with Gasteiger partial charge in [0.05, 0.1) is 12.3 Å². The summed E-state index contributed by atoms with van der Waals surface area (Å²) < 4.78 is 4.98. The number of ether oxygens (including phenoxy) is 1. The van der Waals surface area contributed by atoms with E-state index in [1.807, 2.05) is 30.3 Å². The smallest absolute Gasteiger partial charge is 0.225 e. The monoisotopic (exact) mass is 259 g/mol. The Hall–Kier alpha value is -2.18. The summed E-state index contributed by atoms with van der Waals surface area (Å²) in [5.41, 5.74) is 4.36. The van der Waals surface area contributed by atoms with E-state index in [9.17, 15) is 0 Å². The van der Waals surface area contributed by atoms with E-state index < -0.39 is 0 Å². The molecule has 0 amide bonds. The maximum atomic E-state index is 5.43. The summed E-state index contributed by atoms with van der Waals surface area (Å²) in [6, 6.07) is 11.7. The number of nitrogen functional groups attached to an aromatic ring is 1. The number of hydrazine groups is 1. The van der Waals surface area contributed by atoms with Crippen molar-refractivity contribution in [3.8, 4) is 11.3 Å². The van der Waals surface area contributed by atoms with Gasteiger partial charge in [-0.05, 0) is 0 Å². The van der Waals surface area contributed by atoms with Gasteiger partial charge in [0.25, 0.3) is 0 Å². The van der Waals surface area contributed by atoms with Crippen molar-refractivity contribution in [2.45, 2.75) is 0 Å². The molecule has 6 heteroatoms. The number of nitrogens with two attached hydrogens (primary N) is 1. The topological polar surface area (TPSA) is 85.1 Å². The fourth-order valence-electron chi connectivity index (χ4n) is 1.62. The van der Waals surface area contributed by atoms with Crippen LogP contribution in [0.1, 0.15) is 0 Å². The molecule has 0 unspecified atom stereocenters. The van der Waals surface area contributed by atoms with Crippen LogP contribution < -0.4 is 16.6 Å². The third-order valence-corrected chi connectivity index (χ3v) is 2.53. The van der Waals surface area contributed by atoms with Crippen molar-refractivity contribution in [3.63, 3.8) is 0 Å². The highest BCUT2D eigenvalue weighted by molar-refractivity contribution is 5.64. The van der Waals surface area contributed by atoms with Crippen molar-refractivity contribution in [2.24, 2.45) is 5.84 Å². The molecule has 0 bridgehead atoms. The van der Waals surface area contributed by atoms with Crippen LogP contribution >= 0.6 is 0 Å². The molecular weight excluding hydrogens is 242 g/mol. The zero-order chi connectivity index (χ0) is 13.5. The normalized spacial score (nSPS) is 10.2. The van der Waals surface area contributed by atoms with Crippen molar-refractivity contribution in [1.82, 2.24) is 9.97 Å². The molecule has 100 valence electrons. The van der Waals surface area contributed by atoms with Crippen molar-refractivity contribution in [3.05, 3.63) is 36.4 Å². The van der Waals surface area contributed by atoms with Gasteiger partial charge in [0.2, 0.25) is 5.95 Å². The van der Waals surface area contributed by atoms with Gasteiger partial charge < -0.3 is 15.5 Å². The van der Waals surface area contributed by atoms with E-state index in [0.717, 1.165) is 11.3 Å². The summed E-state index contributed by atoms with van der Waals surface area (Å²) in [6.45, 7) is 1.23. The molecule has 19 heavy (non-hydrogen) atoms. The van der Waals surface area contributed by atoms with Crippen LogP contribution in [0.4, 0.5) is 11.8 Å². The second-order valence-corrected chi connectivity index (χ2v) is 3.89. The molecule has 0 aliphatic carbocycles. The van der Waals surface area contributed by atoms with Gasteiger partial charge in [-0.2, -0.15) is 4.98 Å². The molecule has 0 aliphatic rings. The first-order valence-corrected chi connectivity index (χ1v) is 5.97. The number of nitrogens with one attached hydrogen (secondary N) is 2. The molecule has 0 saturated carbocycles. The number of aromatic nitrogens is 2. The molecule has 1 aromatic carbocycles. The molecule has 0 aliphatic heterocycles. The number of rotatable bonds is 6. The second-order valence-electron chi connectivity index (χ2n) is 3.89. The lowest BCUT2D eigenvalue weighted by Gasteiger charge is -2.09. The molecule has 4 N–H and O–H groups in total. The van der Waals surface area contributed by atoms with Gasteiger partial charge in [-0.1, -0.05) is 30.3 Å². The first-order valence-electron chi connectivity index (χ1n) is 5.97. The number of benzene rings is 1. The van der Waals surface area contributed by atoms with Crippen molar-refractivity contribution < 1.29 is 4.74 Å². The Morgan fingerprint density at radius 1 is 1.21 bits per heavy atom. The minimum Gasteiger partial charge on any atom is -0.383 e. The van der Waals surface area contributed by atoms with Gasteiger partial charge in [0.1, 0.15) is 5.82 Å². The van der Waals surface area contributed by atoms with Crippen molar-refractivity contribution >= 4 is 11.8 Å². The van der Waals surface area contributed by atoms with Crippen LogP contribution in [0, 0.1) is 0 Å². The standard InChI is InChI=1S/C13H17N5O/c1-19-8-7-15-13-16-11(9-12(17-13)18-14)10-5-3-2-4-6-10/h2-6,9H,7-8,14H2,1H3,(H2,15,16,17,18). The lowest BCUT2D eigenvalue weighted by molar-refractivity contribution is 0.210. The van der Waals surface area contributed by atoms with Gasteiger partial charge >= 0.3 is 0 Å². The summed E-state index contributed by atoms with van der Waals surface area (Å²) in [6.07, 6.45) is 0. The molecule has 0 saturated heterocycles. The highest BCUT2D eigenvalue weighted by atomic mass is 16.5. The lowest BCUT2D eigenvalue weighted by Crippen LogP contribution is -2.14. The summed E-state index contributed by atoms with van der Waals surface area (Å²) in [5.74, 6) is 6.51. The Balaban J connectivity index is 2.26. The van der Waals surface area contributed by atoms with Crippen LogP contribution in [0.3, 0.4) is 0 Å². The van der Waals surface area contributed by atoms with E-state index in [2.05, 4.69) is 20.7 Å². The zero-order valence-electron chi connectivity index (χ0n) is 10.8. The molecule has 6 nitrogen and oxygen atoms in total. The molecule has 0 atom stereocenters. The predicted octanol–water partition coefficient (Wildman–Crippen LogP) is 1.49. The van der Waals surface area contributed by atoms with Crippen LogP contribution in [0.15, 0.2) is 36.4 Å². The summed E-state index contributed by atoms with van der Waals surface area (Å²) in [4.78, 5) is 8.69. The fraction of sp³-hybridized carbons (Fsp3) is 0.231. The quantitative estimate of drug-likeness (QED) is 0.414. The first kappa shape index (κ1) is 13.3. The highest BCUT2D eigenvalue weighted by Gasteiger charge is 2.05. The minimum atomic E-state index is 0.520.